The van der Waals surface area contributed by atoms with Gasteiger partial charge in [0.2, 0.25) is 5.91 Å². The maximum absolute atomic E-state index is 12.2. The number of anilines is 1. The molecule has 1 aromatic carbocycles. The molecule has 2 rings (SSSR count). The third kappa shape index (κ3) is 2.45. The fourth-order valence-electron chi connectivity index (χ4n) is 2.26. The smallest absolute Gasteiger partial charge is 0.244 e. The van der Waals surface area contributed by atoms with Crippen LogP contribution in [0.5, 0.6) is 0 Å². The Kier molecular flexibility index (Phi) is 3.69. The summed E-state index contributed by atoms with van der Waals surface area (Å²) in [6.45, 7) is 2.78. The number of halogens is 1. The quantitative estimate of drug-likeness (QED) is 0.877. The molecule has 4 heteroatoms. The van der Waals surface area contributed by atoms with Gasteiger partial charge in [0.15, 0.2) is 0 Å². The molecule has 1 amide bonds. The second-order valence-corrected chi connectivity index (χ2v) is 4.84. The zero-order valence-corrected chi connectivity index (χ0v) is 10.9. The van der Waals surface area contributed by atoms with Crippen LogP contribution in [0.25, 0.3) is 0 Å². The maximum atomic E-state index is 12.2. The number of aryl methyl sites for hydroxylation is 1. The first-order valence-corrected chi connectivity index (χ1v) is 6.26. The Balaban J connectivity index is 2.32. The van der Waals surface area contributed by atoms with Crippen LogP contribution < -0.4 is 10.2 Å². The number of nitrogens with zero attached hydrogens (tertiary/aromatic N) is 1. The van der Waals surface area contributed by atoms with Crippen LogP contribution in [0, 0.1) is 6.92 Å². The van der Waals surface area contributed by atoms with Crippen molar-refractivity contribution in [1.82, 2.24) is 5.32 Å². The number of likely N-dealkylation sites (N-methyl/N-ethyl adjacent to an activating group) is 1. The number of carbonyl (C=O) groups excluding carboxylic acids is 1. The van der Waals surface area contributed by atoms with E-state index < -0.39 is 0 Å². The first-order valence-electron chi connectivity index (χ1n) is 5.88. The van der Waals surface area contributed by atoms with Gasteiger partial charge >= 0.3 is 0 Å². The molecule has 3 nitrogen and oxygen atoms in total. The third-order valence-corrected chi connectivity index (χ3v) is 3.48. The van der Waals surface area contributed by atoms with Crippen LogP contribution >= 0.6 is 11.6 Å². The van der Waals surface area contributed by atoms with Crippen molar-refractivity contribution >= 4 is 23.2 Å². The molecule has 0 saturated carbocycles. The minimum atomic E-state index is -0.0675. The van der Waals surface area contributed by atoms with Crippen LogP contribution in [0.15, 0.2) is 18.2 Å². The van der Waals surface area contributed by atoms with E-state index in [-0.39, 0.29) is 11.9 Å². The van der Waals surface area contributed by atoms with Gasteiger partial charge in [0.1, 0.15) is 0 Å². The van der Waals surface area contributed by atoms with Crippen LogP contribution in [0.1, 0.15) is 18.4 Å². The fourth-order valence-corrected chi connectivity index (χ4v) is 2.42. The molecular weight excluding hydrogens is 236 g/mol. The summed E-state index contributed by atoms with van der Waals surface area (Å²) >= 11 is 6.00. The summed E-state index contributed by atoms with van der Waals surface area (Å²) in [5, 5.41) is 3.73. The van der Waals surface area contributed by atoms with E-state index >= 15 is 0 Å². The Hall–Kier alpha value is -1.06. The van der Waals surface area contributed by atoms with Crippen LogP contribution in [0.2, 0.25) is 5.02 Å². The number of piperidine rings is 1. The Morgan fingerprint density at radius 2 is 2.24 bits per heavy atom. The number of hydrogen-bond acceptors (Lipinski definition) is 2. The number of amides is 1. The van der Waals surface area contributed by atoms with E-state index in [1.165, 1.54) is 0 Å². The largest absolute Gasteiger partial charge is 0.311 e. The molecular formula is C13H17ClN2O. The summed E-state index contributed by atoms with van der Waals surface area (Å²) < 4.78 is 0. The average Bonchev–Trinajstić information content (AvgIpc) is 2.33. The summed E-state index contributed by atoms with van der Waals surface area (Å²) in [6, 6.07) is 5.60. The first kappa shape index (κ1) is 12.4. The van der Waals surface area contributed by atoms with Gasteiger partial charge in [-0.25, -0.2) is 0 Å². The van der Waals surface area contributed by atoms with Crippen molar-refractivity contribution in [3.05, 3.63) is 28.8 Å². The molecule has 0 bridgehead atoms. The average molecular weight is 253 g/mol. The Bertz CT molecular complexity index is 433. The van der Waals surface area contributed by atoms with Gasteiger partial charge in [-0.1, -0.05) is 17.7 Å². The van der Waals surface area contributed by atoms with E-state index in [0.717, 1.165) is 30.6 Å². The maximum Gasteiger partial charge on any atom is 0.244 e. The van der Waals surface area contributed by atoms with Gasteiger partial charge in [-0.15, -0.1) is 0 Å². The lowest BCUT2D eigenvalue weighted by molar-refractivity contribution is -0.121. The Morgan fingerprint density at radius 1 is 1.47 bits per heavy atom. The molecule has 1 aliphatic rings. The van der Waals surface area contributed by atoms with Crippen LogP contribution in [-0.4, -0.2) is 25.5 Å². The molecule has 92 valence electrons. The highest BCUT2D eigenvalue weighted by atomic mass is 35.5. The lowest BCUT2D eigenvalue weighted by Gasteiger charge is -2.33. The van der Waals surface area contributed by atoms with Crippen LogP contribution in [0.3, 0.4) is 0 Å². The highest BCUT2D eigenvalue weighted by Gasteiger charge is 2.29. The van der Waals surface area contributed by atoms with Gasteiger partial charge in [-0.05, 0) is 44.5 Å². The molecule has 1 fully saturated rings. The molecule has 0 spiro atoms. The van der Waals surface area contributed by atoms with Crippen molar-refractivity contribution in [1.29, 1.82) is 0 Å². The van der Waals surface area contributed by atoms with E-state index in [1.807, 2.05) is 37.1 Å². The molecule has 1 heterocycles. The number of carbonyl (C=O) groups is 1. The van der Waals surface area contributed by atoms with Crippen molar-refractivity contribution in [2.75, 3.05) is 18.5 Å². The topological polar surface area (TPSA) is 32.3 Å². The molecule has 1 N–H and O–H groups in total. The van der Waals surface area contributed by atoms with E-state index in [1.54, 1.807) is 0 Å². The van der Waals surface area contributed by atoms with Crippen molar-refractivity contribution < 1.29 is 4.79 Å². The number of nitrogens with one attached hydrogen (secondary N) is 1. The van der Waals surface area contributed by atoms with Gasteiger partial charge < -0.3 is 10.2 Å². The zero-order valence-electron chi connectivity index (χ0n) is 10.2. The van der Waals surface area contributed by atoms with E-state index in [0.29, 0.717) is 5.02 Å². The lowest BCUT2D eigenvalue weighted by Crippen LogP contribution is -2.50. The molecule has 1 aliphatic heterocycles. The third-order valence-electron chi connectivity index (χ3n) is 3.25. The van der Waals surface area contributed by atoms with Gasteiger partial charge in [-0.3, -0.25) is 4.79 Å². The van der Waals surface area contributed by atoms with Gasteiger partial charge in [-0.2, -0.15) is 0 Å². The lowest BCUT2D eigenvalue weighted by atomic mass is 10.0. The molecule has 0 radical (unpaired) electrons. The highest BCUT2D eigenvalue weighted by Crippen LogP contribution is 2.27. The summed E-state index contributed by atoms with van der Waals surface area (Å²) in [5.41, 5.74) is 2.02. The standard InChI is InChI=1S/C13H17ClN2O/c1-9-5-6-10(14)8-12(9)16-7-3-4-11(15-2)13(16)17/h5-6,8,11,15H,3-4,7H2,1-2H3. The molecule has 0 aliphatic carbocycles. The first-order chi connectivity index (χ1) is 8.13. The SMILES string of the molecule is CNC1CCCN(c2cc(Cl)ccc2C)C1=O. The van der Waals surface area contributed by atoms with Crippen LogP contribution in [0.4, 0.5) is 5.69 Å². The van der Waals surface area contributed by atoms with Gasteiger partial charge in [0.25, 0.3) is 0 Å². The van der Waals surface area contributed by atoms with Gasteiger partial charge in [0.05, 0.1) is 6.04 Å². The second kappa shape index (κ2) is 5.07. The van der Waals surface area contributed by atoms with Crippen molar-refractivity contribution in [3.63, 3.8) is 0 Å². The second-order valence-electron chi connectivity index (χ2n) is 4.40. The molecule has 1 unspecified atom stereocenters. The minimum Gasteiger partial charge on any atom is -0.311 e. The molecule has 0 aromatic heterocycles. The van der Waals surface area contributed by atoms with Crippen LogP contribution in [-0.2, 0) is 4.79 Å². The van der Waals surface area contributed by atoms with E-state index in [9.17, 15) is 4.79 Å². The van der Waals surface area contributed by atoms with Crippen molar-refractivity contribution in [3.8, 4) is 0 Å². The van der Waals surface area contributed by atoms with Crippen molar-refractivity contribution in [2.24, 2.45) is 0 Å². The van der Waals surface area contributed by atoms with Gasteiger partial charge in [0, 0.05) is 17.3 Å². The fraction of sp³-hybridized carbons (Fsp3) is 0.462. The summed E-state index contributed by atoms with van der Waals surface area (Å²) in [4.78, 5) is 14.1. The molecule has 17 heavy (non-hydrogen) atoms. The molecule has 1 aromatic rings. The Morgan fingerprint density at radius 3 is 2.94 bits per heavy atom. The van der Waals surface area contributed by atoms with E-state index in [4.69, 9.17) is 11.6 Å². The normalized spacial score (nSPS) is 20.8. The Labute approximate surface area is 107 Å². The van der Waals surface area contributed by atoms with E-state index in [2.05, 4.69) is 5.32 Å². The molecule has 1 saturated heterocycles. The zero-order chi connectivity index (χ0) is 12.4. The predicted molar refractivity (Wildman–Crippen MR) is 70.6 cm³/mol. The monoisotopic (exact) mass is 252 g/mol. The molecule has 1 atom stereocenters. The highest BCUT2D eigenvalue weighted by molar-refractivity contribution is 6.31. The predicted octanol–water partition coefficient (Wildman–Crippen LogP) is 2.36. The number of rotatable bonds is 2. The minimum absolute atomic E-state index is 0.0675. The number of hydrogen-bond donors (Lipinski definition) is 1. The number of benzene rings is 1. The summed E-state index contributed by atoms with van der Waals surface area (Å²) in [7, 11) is 1.83. The van der Waals surface area contributed by atoms with Crippen molar-refractivity contribution in [2.45, 2.75) is 25.8 Å². The summed E-state index contributed by atoms with van der Waals surface area (Å²) in [5.74, 6) is 0.143. The summed E-state index contributed by atoms with van der Waals surface area (Å²) in [6.07, 6.45) is 1.93.